The normalized spacial score (nSPS) is 14.2. The maximum atomic E-state index is 12.8. The Hall–Kier alpha value is -3.77. The molecule has 0 aliphatic carbocycles. The number of hydrogen-bond acceptors (Lipinski definition) is 7. The first-order valence-electron chi connectivity index (χ1n) is 11.0. The average Bonchev–Trinajstić information content (AvgIpc) is 3.39. The maximum Gasteiger partial charge on any atom is 0.227 e. The van der Waals surface area contributed by atoms with Crippen LogP contribution in [0.15, 0.2) is 42.7 Å². The number of rotatable bonds is 7. The van der Waals surface area contributed by atoms with Gasteiger partial charge in [-0.2, -0.15) is 5.26 Å². The van der Waals surface area contributed by atoms with Gasteiger partial charge < -0.3 is 9.64 Å². The van der Waals surface area contributed by atoms with Crippen molar-refractivity contribution in [1.29, 1.82) is 5.26 Å². The molecule has 1 aliphatic heterocycles. The first-order chi connectivity index (χ1) is 16.1. The van der Waals surface area contributed by atoms with Gasteiger partial charge in [-0.15, -0.1) is 5.10 Å². The van der Waals surface area contributed by atoms with Crippen LogP contribution in [0.1, 0.15) is 22.3 Å². The van der Waals surface area contributed by atoms with Gasteiger partial charge in [0.05, 0.1) is 24.8 Å². The summed E-state index contributed by atoms with van der Waals surface area (Å²) in [5, 5.41) is 20.6. The van der Waals surface area contributed by atoms with Crippen LogP contribution in [0.4, 0.5) is 0 Å². The van der Waals surface area contributed by atoms with E-state index in [-0.39, 0.29) is 5.91 Å². The molecule has 0 unspecified atom stereocenters. The molecule has 0 N–H and O–H groups in total. The molecule has 1 fully saturated rings. The first kappa shape index (κ1) is 22.4. The van der Waals surface area contributed by atoms with E-state index >= 15 is 0 Å². The Balaban J connectivity index is 1.26. The smallest absolute Gasteiger partial charge is 0.227 e. The molecule has 33 heavy (non-hydrogen) atoms. The van der Waals surface area contributed by atoms with Gasteiger partial charge in [0.1, 0.15) is 18.1 Å². The molecular formula is C24H27N7O2. The number of piperazine rings is 1. The molecule has 1 amide bonds. The molecule has 9 nitrogen and oxygen atoms in total. The third kappa shape index (κ3) is 5.18. The Labute approximate surface area is 193 Å². The van der Waals surface area contributed by atoms with Gasteiger partial charge >= 0.3 is 0 Å². The molecular weight excluding hydrogens is 418 g/mol. The molecule has 2 aromatic carbocycles. The van der Waals surface area contributed by atoms with Gasteiger partial charge in [0, 0.05) is 32.7 Å². The number of methoxy groups -OCH3 is 1. The summed E-state index contributed by atoms with van der Waals surface area (Å²) in [4.78, 5) is 17.1. The molecule has 0 saturated carbocycles. The molecule has 1 saturated heterocycles. The molecule has 0 bridgehead atoms. The topological polar surface area (TPSA) is 100 Å². The molecule has 1 aliphatic rings. The van der Waals surface area contributed by atoms with Crippen molar-refractivity contribution in [3.05, 3.63) is 65.0 Å². The van der Waals surface area contributed by atoms with Crippen LogP contribution < -0.4 is 4.74 Å². The fraction of sp³-hybridized carbons (Fsp3) is 0.375. The molecule has 0 atom stereocenters. The summed E-state index contributed by atoms with van der Waals surface area (Å²) in [5.41, 5.74) is 4.59. The van der Waals surface area contributed by atoms with Gasteiger partial charge in [-0.3, -0.25) is 9.69 Å². The van der Waals surface area contributed by atoms with Crippen LogP contribution in [-0.4, -0.2) is 75.7 Å². The zero-order valence-electron chi connectivity index (χ0n) is 18.9. The lowest BCUT2D eigenvalue weighted by atomic mass is 9.99. The lowest BCUT2D eigenvalue weighted by Gasteiger charge is -2.35. The monoisotopic (exact) mass is 445 g/mol. The summed E-state index contributed by atoms with van der Waals surface area (Å²) >= 11 is 0. The average molecular weight is 446 g/mol. The lowest BCUT2D eigenvalue weighted by molar-refractivity contribution is -0.132. The second kappa shape index (κ2) is 10.2. The number of nitriles is 1. The largest absolute Gasteiger partial charge is 0.495 e. The molecule has 0 radical (unpaired) electrons. The Morgan fingerprint density at radius 3 is 2.52 bits per heavy atom. The van der Waals surface area contributed by atoms with E-state index in [1.807, 2.05) is 48.2 Å². The van der Waals surface area contributed by atoms with E-state index in [2.05, 4.69) is 26.5 Å². The highest BCUT2D eigenvalue weighted by Gasteiger charge is 2.21. The summed E-state index contributed by atoms with van der Waals surface area (Å²) in [7, 11) is 1.59. The number of hydrogen-bond donors (Lipinski definition) is 0. The quantitative estimate of drug-likeness (QED) is 0.546. The highest BCUT2D eigenvalue weighted by Crippen LogP contribution is 2.24. The van der Waals surface area contributed by atoms with Crippen molar-refractivity contribution in [2.45, 2.75) is 19.8 Å². The molecule has 4 rings (SSSR count). The van der Waals surface area contributed by atoms with Crippen LogP contribution in [0.25, 0.3) is 5.69 Å². The Morgan fingerprint density at radius 1 is 1.12 bits per heavy atom. The van der Waals surface area contributed by atoms with Crippen LogP contribution in [-0.2, 0) is 17.6 Å². The van der Waals surface area contributed by atoms with Crippen LogP contribution in [0.2, 0.25) is 0 Å². The minimum Gasteiger partial charge on any atom is -0.495 e. The van der Waals surface area contributed by atoms with E-state index in [1.165, 1.54) is 6.33 Å². The van der Waals surface area contributed by atoms with Crippen LogP contribution in [0, 0.1) is 18.3 Å². The molecule has 9 heteroatoms. The van der Waals surface area contributed by atoms with Crippen molar-refractivity contribution in [2.75, 3.05) is 39.8 Å². The number of carbonyl (C=O) groups is 1. The highest BCUT2D eigenvalue weighted by molar-refractivity contribution is 5.79. The SMILES string of the molecule is COc1ccc(CCN2CCN(C(=O)Cc3ccc(-n4cnnn4)cc3)CC2)c(C)c1C#N. The summed E-state index contributed by atoms with van der Waals surface area (Å²) < 4.78 is 6.87. The van der Waals surface area contributed by atoms with E-state index in [0.717, 1.165) is 61.5 Å². The number of tetrazole rings is 1. The third-order valence-corrected chi connectivity index (χ3v) is 6.20. The zero-order valence-corrected chi connectivity index (χ0v) is 18.9. The van der Waals surface area contributed by atoms with Crippen LogP contribution in [0.3, 0.4) is 0 Å². The Bertz CT molecular complexity index is 1130. The van der Waals surface area contributed by atoms with Crippen molar-refractivity contribution < 1.29 is 9.53 Å². The molecule has 0 spiro atoms. The molecule has 1 aromatic heterocycles. The summed E-state index contributed by atoms with van der Waals surface area (Å²) in [6, 6.07) is 13.9. The van der Waals surface area contributed by atoms with E-state index in [0.29, 0.717) is 17.7 Å². The minimum atomic E-state index is 0.148. The first-order valence-corrected chi connectivity index (χ1v) is 11.0. The van der Waals surface area contributed by atoms with E-state index in [1.54, 1.807) is 11.8 Å². The fourth-order valence-electron chi connectivity index (χ4n) is 4.14. The number of benzene rings is 2. The summed E-state index contributed by atoms with van der Waals surface area (Å²) in [6.07, 6.45) is 2.79. The van der Waals surface area contributed by atoms with E-state index in [4.69, 9.17) is 4.74 Å². The zero-order chi connectivity index (χ0) is 23.2. The predicted octanol–water partition coefficient (Wildman–Crippen LogP) is 1.78. The van der Waals surface area contributed by atoms with E-state index in [9.17, 15) is 10.1 Å². The fourth-order valence-corrected chi connectivity index (χ4v) is 4.14. The highest BCUT2D eigenvalue weighted by atomic mass is 16.5. The second-order valence-electron chi connectivity index (χ2n) is 8.11. The van der Waals surface area contributed by atoms with Gasteiger partial charge in [0.15, 0.2) is 0 Å². The van der Waals surface area contributed by atoms with Crippen molar-refractivity contribution in [2.24, 2.45) is 0 Å². The lowest BCUT2D eigenvalue weighted by Crippen LogP contribution is -2.49. The van der Waals surface area contributed by atoms with Crippen LogP contribution >= 0.6 is 0 Å². The third-order valence-electron chi connectivity index (χ3n) is 6.20. The minimum absolute atomic E-state index is 0.148. The van der Waals surface area contributed by atoms with Gasteiger partial charge in [-0.05, 0) is 58.7 Å². The van der Waals surface area contributed by atoms with Crippen molar-refractivity contribution in [3.63, 3.8) is 0 Å². The number of nitrogens with zero attached hydrogens (tertiary/aromatic N) is 7. The van der Waals surface area contributed by atoms with Gasteiger partial charge in [-0.25, -0.2) is 4.68 Å². The maximum absolute atomic E-state index is 12.8. The van der Waals surface area contributed by atoms with Crippen molar-refractivity contribution in [1.82, 2.24) is 30.0 Å². The summed E-state index contributed by atoms with van der Waals surface area (Å²) in [5.74, 6) is 0.769. The molecule has 3 aromatic rings. The van der Waals surface area contributed by atoms with Gasteiger partial charge in [0.25, 0.3) is 0 Å². The van der Waals surface area contributed by atoms with Gasteiger partial charge in [-0.1, -0.05) is 18.2 Å². The Morgan fingerprint density at radius 2 is 1.88 bits per heavy atom. The Kier molecular flexibility index (Phi) is 6.95. The number of carbonyl (C=O) groups excluding carboxylic acids is 1. The molecule has 170 valence electrons. The van der Waals surface area contributed by atoms with Crippen molar-refractivity contribution in [3.8, 4) is 17.5 Å². The second-order valence-corrected chi connectivity index (χ2v) is 8.11. The summed E-state index contributed by atoms with van der Waals surface area (Å²) in [6.45, 7) is 6.04. The number of ether oxygens (including phenoxy) is 1. The molecule has 2 heterocycles. The van der Waals surface area contributed by atoms with Gasteiger partial charge in [0.2, 0.25) is 5.91 Å². The van der Waals surface area contributed by atoms with Crippen molar-refractivity contribution >= 4 is 5.91 Å². The predicted molar refractivity (Wildman–Crippen MR) is 122 cm³/mol. The van der Waals surface area contributed by atoms with Crippen LogP contribution in [0.5, 0.6) is 5.75 Å². The number of amides is 1. The van der Waals surface area contributed by atoms with E-state index < -0.39 is 0 Å². The standard InChI is InChI=1S/C24H27N7O2/c1-18-20(5-8-23(33-2)22(18)16-25)9-10-29-11-13-30(14-12-29)24(32)15-19-3-6-21(7-4-19)31-17-26-27-28-31/h3-8,17H,9-15H2,1-2H3. The number of aromatic nitrogens is 4.